The topological polar surface area (TPSA) is 87.8 Å². The van der Waals surface area contributed by atoms with E-state index < -0.39 is 0 Å². The number of amides is 2. The summed E-state index contributed by atoms with van der Waals surface area (Å²) in [5.41, 5.74) is 3.21. The standard InChI is InChI=1S/C33H45ClN4O4/c1-8-11-22(10-3)20(4)12-13-21(9-2)14-28(39)26-17-25-31-23(18-35-32(25)36-26)19-38(33(40)37(31)5)27-15-24(41-6)16-29(42-7)30(27)34/h15-18,20-22H,8-14,19H2,1-7H3,(H,35,36). The Kier molecular flexibility index (Phi) is 10.4. The van der Waals surface area contributed by atoms with E-state index in [-0.39, 0.29) is 18.4 Å². The average Bonchev–Trinajstić information content (AvgIpc) is 3.44. The second-order valence-corrected chi connectivity index (χ2v) is 12.0. The van der Waals surface area contributed by atoms with E-state index in [4.69, 9.17) is 21.1 Å². The summed E-state index contributed by atoms with van der Waals surface area (Å²) in [7, 11) is 4.80. The SMILES string of the molecule is CCCC(CC)C(C)CCC(CC)CC(=O)c1cc2c3c(cnc2[nH]1)CN(c1cc(OC)cc(OC)c1Cl)C(=O)N3C. The lowest BCUT2D eigenvalue weighted by atomic mass is 9.82. The van der Waals surface area contributed by atoms with Gasteiger partial charge in [0, 0.05) is 42.7 Å². The zero-order valence-corrected chi connectivity index (χ0v) is 26.8. The molecule has 8 nitrogen and oxygen atoms in total. The van der Waals surface area contributed by atoms with Crippen molar-refractivity contribution in [2.75, 3.05) is 31.1 Å². The molecule has 2 aromatic heterocycles. The minimum Gasteiger partial charge on any atom is -0.497 e. The summed E-state index contributed by atoms with van der Waals surface area (Å²) < 4.78 is 10.8. The Bertz CT molecular complexity index is 1420. The van der Waals surface area contributed by atoms with Crippen molar-refractivity contribution in [1.82, 2.24) is 9.97 Å². The lowest BCUT2D eigenvalue weighted by molar-refractivity contribution is 0.0950. The quantitative estimate of drug-likeness (QED) is 0.188. The van der Waals surface area contributed by atoms with Crippen LogP contribution in [0.3, 0.4) is 0 Å². The minimum absolute atomic E-state index is 0.0866. The van der Waals surface area contributed by atoms with Crippen LogP contribution in [0, 0.1) is 17.8 Å². The van der Waals surface area contributed by atoms with Gasteiger partial charge in [0.2, 0.25) is 0 Å². The van der Waals surface area contributed by atoms with Crippen molar-refractivity contribution < 1.29 is 19.1 Å². The van der Waals surface area contributed by atoms with Gasteiger partial charge >= 0.3 is 6.03 Å². The van der Waals surface area contributed by atoms with Crippen LogP contribution in [0.2, 0.25) is 5.02 Å². The molecule has 3 aromatic rings. The van der Waals surface area contributed by atoms with Crippen LogP contribution in [0.1, 0.15) is 88.7 Å². The van der Waals surface area contributed by atoms with Crippen LogP contribution in [0.5, 0.6) is 11.5 Å². The van der Waals surface area contributed by atoms with Crippen LogP contribution >= 0.6 is 11.6 Å². The zero-order chi connectivity index (χ0) is 30.6. The summed E-state index contributed by atoms with van der Waals surface area (Å²) in [5, 5.41) is 1.08. The molecular weight excluding hydrogens is 552 g/mol. The summed E-state index contributed by atoms with van der Waals surface area (Å²) in [4.78, 5) is 38.1. The molecule has 42 heavy (non-hydrogen) atoms. The number of benzene rings is 1. The van der Waals surface area contributed by atoms with Gasteiger partial charge in [-0.15, -0.1) is 0 Å². The number of nitrogens with one attached hydrogen (secondary N) is 1. The summed E-state index contributed by atoms with van der Waals surface area (Å²) in [6.45, 7) is 9.34. The van der Waals surface area contributed by atoms with Gasteiger partial charge in [-0.25, -0.2) is 9.78 Å². The number of rotatable bonds is 14. The van der Waals surface area contributed by atoms with Gasteiger partial charge in [0.15, 0.2) is 5.78 Å². The molecule has 1 N–H and O–H groups in total. The highest BCUT2D eigenvalue weighted by atomic mass is 35.5. The number of urea groups is 1. The number of hydrogen-bond acceptors (Lipinski definition) is 5. The van der Waals surface area contributed by atoms with E-state index >= 15 is 0 Å². The number of aromatic amines is 1. The molecule has 3 heterocycles. The van der Waals surface area contributed by atoms with Crippen molar-refractivity contribution in [2.45, 2.75) is 79.2 Å². The Morgan fingerprint density at radius 3 is 2.50 bits per heavy atom. The normalized spacial score (nSPS) is 15.5. The molecule has 0 spiro atoms. The van der Waals surface area contributed by atoms with Crippen molar-refractivity contribution in [1.29, 1.82) is 0 Å². The third-order valence-corrected chi connectivity index (χ3v) is 9.38. The fourth-order valence-corrected chi connectivity index (χ4v) is 6.60. The summed E-state index contributed by atoms with van der Waals surface area (Å²) in [6.07, 6.45) is 9.14. The smallest absolute Gasteiger partial charge is 0.329 e. The molecule has 1 aliphatic heterocycles. The Morgan fingerprint density at radius 1 is 1.10 bits per heavy atom. The molecule has 0 saturated heterocycles. The summed E-state index contributed by atoms with van der Waals surface area (Å²) in [5.74, 6) is 2.80. The van der Waals surface area contributed by atoms with Crippen LogP contribution in [0.4, 0.5) is 16.2 Å². The largest absolute Gasteiger partial charge is 0.497 e. The van der Waals surface area contributed by atoms with Crippen molar-refractivity contribution in [2.24, 2.45) is 17.8 Å². The summed E-state index contributed by atoms with van der Waals surface area (Å²) >= 11 is 6.62. The number of carbonyl (C=O) groups is 2. The van der Waals surface area contributed by atoms with Gasteiger partial charge in [0.25, 0.3) is 0 Å². The average molecular weight is 597 g/mol. The van der Waals surface area contributed by atoms with Crippen LogP contribution in [0.15, 0.2) is 24.4 Å². The number of ether oxygens (including phenoxy) is 2. The van der Waals surface area contributed by atoms with E-state index in [9.17, 15) is 9.59 Å². The molecule has 3 unspecified atom stereocenters. The zero-order valence-electron chi connectivity index (χ0n) is 26.1. The first-order valence-electron chi connectivity index (χ1n) is 15.2. The summed E-state index contributed by atoms with van der Waals surface area (Å²) in [6, 6.07) is 5.00. The first-order valence-corrected chi connectivity index (χ1v) is 15.5. The highest BCUT2D eigenvalue weighted by Gasteiger charge is 2.33. The number of H-pyrrole nitrogens is 1. The number of nitrogens with zero attached hydrogens (tertiary/aromatic N) is 3. The van der Waals surface area contributed by atoms with Gasteiger partial charge in [0.1, 0.15) is 22.2 Å². The predicted molar refractivity (Wildman–Crippen MR) is 170 cm³/mol. The molecule has 0 bridgehead atoms. The molecule has 1 aromatic carbocycles. The number of hydrogen-bond donors (Lipinski definition) is 1. The number of Topliss-reactive ketones (excluding diaryl/α,β-unsaturated/α-hetero) is 1. The van der Waals surface area contributed by atoms with E-state index in [1.807, 2.05) is 6.07 Å². The number of carbonyl (C=O) groups excluding carboxylic acids is 2. The Labute approximate surface area is 254 Å². The highest BCUT2D eigenvalue weighted by Crippen LogP contribution is 2.43. The Morgan fingerprint density at radius 2 is 1.86 bits per heavy atom. The molecule has 0 aliphatic carbocycles. The third-order valence-electron chi connectivity index (χ3n) is 9.00. The molecular formula is C33H45ClN4O4. The van der Waals surface area contributed by atoms with Crippen LogP contribution < -0.4 is 19.3 Å². The van der Waals surface area contributed by atoms with Gasteiger partial charge in [-0.05, 0) is 30.2 Å². The van der Waals surface area contributed by atoms with Crippen molar-refractivity contribution in [3.05, 3.63) is 40.7 Å². The fourth-order valence-electron chi connectivity index (χ4n) is 6.31. The molecule has 0 radical (unpaired) electrons. The molecule has 0 saturated carbocycles. The molecule has 1 aliphatic rings. The van der Waals surface area contributed by atoms with E-state index in [1.54, 1.807) is 42.3 Å². The maximum Gasteiger partial charge on any atom is 0.329 e. The molecule has 4 rings (SSSR count). The number of pyridine rings is 1. The van der Waals surface area contributed by atoms with Gasteiger partial charge < -0.3 is 14.5 Å². The third kappa shape index (κ3) is 6.38. The monoisotopic (exact) mass is 596 g/mol. The van der Waals surface area contributed by atoms with Gasteiger partial charge in [0.05, 0.1) is 37.8 Å². The van der Waals surface area contributed by atoms with Crippen molar-refractivity contribution in [3.63, 3.8) is 0 Å². The fraction of sp³-hybridized carbons (Fsp3) is 0.545. The molecule has 228 valence electrons. The number of halogens is 1. The van der Waals surface area contributed by atoms with Crippen molar-refractivity contribution >= 4 is 45.8 Å². The maximum absolute atomic E-state index is 13.7. The lowest BCUT2D eigenvalue weighted by Crippen LogP contribution is -2.45. The van der Waals surface area contributed by atoms with E-state index in [0.717, 1.165) is 41.8 Å². The van der Waals surface area contributed by atoms with E-state index in [0.29, 0.717) is 51.8 Å². The number of anilines is 2. The van der Waals surface area contributed by atoms with Gasteiger partial charge in [-0.2, -0.15) is 0 Å². The molecule has 2 amide bonds. The molecule has 0 fully saturated rings. The maximum atomic E-state index is 13.7. The van der Waals surface area contributed by atoms with Crippen LogP contribution in [-0.4, -0.2) is 43.0 Å². The molecule has 3 atom stereocenters. The van der Waals surface area contributed by atoms with Gasteiger partial charge in [-0.1, -0.05) is 71.4 Å². The van der Waals surface area contributed by atoms with E-state index in [1.165, 1.54) is 26.4 Å². The number of ketones is 1. The Balaban J connectivity index is 1.56. The predicted octanol–water partition coefficient (Wildman–Crippen LogP) is 8.65. The number of fused-ring (bicyclic) bond motifs is 3. The first kappa shape index (κ1) is 31.7. The number of methoxy groups -OCH3 is 2. The highest BCUT2D eigenvalue weighted by molar-refractivity contribution is 6.35. The first-order chi connectivity index (χ1) is 20.2. The lowest BCUT2D eigenvalue weighted by Gasteiger charge is -2.35. The van der Waals surface area contributed by atoms with E-state index in [2.05, 4.69) is 37.7 Å². The molecule has 9 heteroatoms. The Hall–Kier alpha value is -3.26. The number of aromatic nitrogens is 2. The van der Waals surface area contributed by atoms with Crippen LogP contribution in [-0.2, 0) is 6.54 Å². The second kappa shape index (κ2) is 13.8. The van der Waals surface area contributed by atoms with Crippen molar-refractivity contribution in [3.8, 4) is 11.5 Å². The van der Waals surface area contributed by atoms with Crippen LogP contribution in [0.25, 0.3) is 11.0 Å². The minimum atomic E-state index is -0.255. The van der Waals surface area contributed by atoms with Gasteiger partial charge in [-0.3, -0.25) is 14.6 Å². The second-order valence-electron chi connectivity index (χ2n) is 11.6.